The number of Topliss-reactive ketones (excluding diaryl/α,β-unsaturated/α-hetero) is 1. The van der Waals surface area contributed by atoms with Crippen LogP contribution in [0.3, 0.4) is 0 Å². The highest BCUT2D eigenvalue weighted by Gasteiger charge is 2.08. The summed E-state index contributed by atoms with van der Waals surface area (Å²) in [6.45, 7) is 0. The number of fused-ring (bicyclic) bond motifs is 1. The van der Waals surface area contributed by atoms with Gasteiger partial charge in [0.1, 0.15) is 11.5 Å². The lowest BCUT2D eigenvalue weighted by molar-refractivity contribution is -0.117. The molecule has 0 saturated heterocycles. The Morgan fingerprint density at radius 3 is 2.90 bits per heavy atom. The zero-order valence-corrected chi connectivity index (χ0v) is 11.8. The van der Waals surface area contributed by atoms with Gasteiger partial charge in [-0.25, -0.2) is 4.98 Å². The molecule has 3 rings (SSSR count). The van der Waals surface area contributed by atoms with E-state index in [1.165, 1.54) is 0 Å². The number of ether oxygens (including phenoxy) is 1. The summed E-state index contributed by atoms with van der Waals surface area (Å²) in [6.07, 6.45) is 4.33. The normalized spacial score (nSPS) is 10.7. The fourth-order valence-corrected chi connectivity index (χ4v) is 2.43. The SMILES string of the molecule is COc1cccc(CC(=O)Cc2cccc3cncn23)c1. The Morgan fingerprint density at radius 2 is 2.05 bits per heavy atom. The number of benzene rings is 1. The van der Waals surface area contributed by atoms with Crippen molar-refractivity contribution in [2.45, 2.75) is 12.8 Å². The van der Waals surface area contributed by atoms with Gasteiger partial charge in [0.15, 0.2) is 0 Å². The van der Waals surface area contributed by atoms with Crippen molar-refractivity contribution in [2.75, 3.05) is 7.11 Å². The average Bonchev–Trinajstić information content (AvgIpc) is 2.97. The lowest BCUT2D eigenvalue weighted by atomic mass is 10.0. The lowest BCUT2D eigenvalue weighted by Crippen LogP contribution is -2.09. The van der Waals surface area contributed by atoms with Crippen LogP contribution in [0, 0.1) is 0 Å². The average molecular weight is 280 g/mol. The summed E-state index contributed by atoms with van der Waals surface area (Å²) >= 11 is 0. The fraction of sp³-hybridized carbons (Fsp3) is 0.176. The van der Waals surface area contributed by atoms with Crippen LogP contribution in [0.15, 0.2) is 55.0 Å². The van der Waals surface area contributed by atoms with E-state index in [0.29, 0.717) is 12.8 Å². The summed E-state index contributed by atoms with van der Waals surface area (Å²) in [5, 5.41) is 0. The molecule has 0 spiro atoms. The van der Waals surface area contributed by atoms with Crippen LogP contribution in [0.1, 0.15) is 11.3 Å². The first-order valence-electron chi connectivity index (χ1n) is 6.81. The van der Waals surface area contributed by atoms with Gasteiger partial charge in [-0.2, -0.15) is 0 Å². The summed E-state index contributed by atoms with van der Waals surface area (Å²) in [4.78, 5) is 16.4. The van der Waals surface area contributed by atoms with Gasteiger partial charge in [-0.3, -0.25) is 4.79 Å². The molecule has 3 aromatic rings. The van der Waals surface area contributed by atoms with Crippen molar-refractivity contribution in [3.05, 3.63) is 66.2 Å². The van der Waals surface area contributed by atoms with Crippen LogP contribution in [0.25, 0.3) is 5.52 Å². The molecule has 2 aromatic heterocycles. The van der Waals surface area contributed by atoms with Crippen molar-refractivity contribution in [3.63, 3.8) is 0 Å². The minimum atomic E-state index is 0.171. The quantitative estimate of drug-likeness (QED) is 0.721. The fourth-order valence-electron chi connectivity index (χ4n) is 2.43. The van der Waals surface area contributed by atoms with E-state index in [0.717, 1.165) is 22.5 Å². The van der Waals surface area contributed by atoms with E-state index < -0.39 is 0 Å². The third kappa shape index (κ3) is 2.94. The van der Waals surface area contributed by atoms with Crippen molar-refractivity contribution in [1.29, 1.82) is 0 Å². The molecule has 0 N–H and O–H groups in total. The first kappa shape index (κ1) is 13.4. The van der Waals surface area contributed by atoms with Crippen LogP contribution < -0.4 is 4.74 Å². The van der Waals surface area contributed by atoms with Crippen molar-refractivity contribution in [3.8, 4) is 5.75 Å². The monoisotopic (exact) mass is 280 g/mol. The maximum Gasteiger partial charge on any atom is 0.143 e. The van der Waals surface area contributed by atoms with E-state index >= 15 is 0 Å². The molecule has 2 heterocycles. The smallest absolute Gasteiger partial charge is 0.143 e. The summed E-state index contributed by atoms with van der Waals surface area (Å²) < 4.78 is 7.13. The van der Waals surface area contributed by atoms with Gasteiger partial charge in [-0.05, 0) is 29.8 Å². The zero-order valence-electron chi connectivity index (χ0n) is 11.8. The molecule has 21 heavy (non-hydrogen) atoms. The zero-order chi connectivity index (χ0) is 14.7. The van der Waals surface area contributed by atoms with Gasteiger partial charge >= 0.3 is 0 Å². The van der Waals surface area contributed by atoms with E-state index in [1.807, 2.05) is 46.9 Å². The molecule has 0 aliphatic rings. The van der Waals surface area contributed by atoms with Crippen molar-refractivity contribution >= 4 is 11.3 Å². The molecule has 4 nitrogen and oxygen atoms in total. The largest absolute Gasteiger partial charge is 0.497 e. The van der Waals surface area contributed by atoms with Gasteiger partial charge in [-0.15, -0.1) is 0 Å². The molecule has 1 aromatic carbocycles. The minimum absolute atomic E-state index is 0.171. The number of carbonyl (C=O) groups excluding carboxylic acids is 1. The number of hydrogen-bond acceptors (Lipinski definition) is 3. The third-order valence-corrected chi connectivity index (χ3v) is 3.45. The molecule has 0 saturated carbocycles. The van der Waals surface area contributed by atoms with Crippen molar-refractivity contribution in [1.82, 2.24) is 9.38 Å². The van der Waals surface area contributed by atoms with Crippen molar-refractivity contribution in [2.24, 2.45) is 0 Å². The molecule has 0 bridgehead atoms. The van der Waals surface area contributed by atoms with Gasteiger partial charge in [0.25, 0.3) is 0 Å². The molecule has 0 fully saturated rings. The second-order valence-corrected chi connectivity index (χ2v) is 4.95. The maximum absolute atomic E-state index is 12.3. The number of nitrogens with zero attached hydrogens (tertiary/aromatic N) is 2. The van der Waals surface area contributed by atoms with Gasteiger partial charge in [0.2, 0.25) is 0 Å². The van der Waals surface area contributed by atoms with E-state index in [4.69, 9.17) is 4.74 Å². The highest BCUT2D eigenvalue weighted by atomic mass is 16.5. The Balaban J connectivity index is 1.75. The van der Waals surface area contributed by atoms with Gasteiger partial charge in [0.05, 0.1) is 25.2 Å². The molecule has 106 valence electrons. The molecule has 4 heteroatoms. The van der Waals surface area contributed by atoms with E-state index in [2.05, 4.69) is 4.98 Å². The molecule has 0 amide bonds. The highest BCUT2D eigenvalue weighted by molar-refractivity contribution is 5.83. The topological polar surface area (TPSA) is 43.6 Å². The molecule has 0 aliphatic heterocycles. The minimum Gasteiger partial charge on any atom is -0.497 e. The summed E-state index contributed by atoms with van der Waals surface area (Å²) in [7, 11) is 1.63. The Morgan fingerprint density at radius 1 is 1.19 bits per heavy atom. The molecule has 0 radical (unpaired) electrons. The highest BCUT2D eigenvalue weighted by Crippen LogP contribution is 2.14. The predicted molar refractivity (Wildman–Crippen MR) is 80.6 cm³/mol. The van der Waals surface area contributed by atoms with Crippen molar-refractivity contribution < 1.29 is 9.53 Å². The predicted octanol–water partition coefficient (Wildman–Crippen LogP) is 2.70. The number of carbonyl (C=O) groups is 1. The van der Waals surface area contributed by atoms with Crippen LogP contribution in [0.5, 0.6) is 5.75 Å². The van der Waals surface area contributed by atoms with E-state index in [-0.39, 0.29) is 5.78 Å². The first-order valence-corrected chi connectivity index (χ1v) is 6.81. The molecular formula is C17H16N2O2. The van der Waals surface area contributed by atoms with Crippen LogP contribution >= 0.6 is 0 Å². The standard InChI is InChI=1S/C17H16N2O2/c1-21-17-7-2-4-13(9-17)8-16(20)10-14-5-3-6-15-11-18-12-19(14)15/h2-7,9,11-12H,8,10H2,1H3. The van der Waals surface area contributed by atoms with Crippen LogP contribution in [0.4, 0.5) is 0 Å². The van der Waals surface area contributed by atoms with Gasteiger partial charge in [0, 0.05) is 18.5 Å². The third-order valence-electron chi connectivity index (χ3n) is 3.45. The maximum atomic E-state index is 12.3. The number of ketones is 1. The molecule has 0 unspecified atom stereocenters. The Labute approximate surface area is 123 Å². The number of imidazole rings is 1. The Kier molecular flexibility index (Phi) is 3.69. The second kappa shape index (κ2) is 5.79. The van der Waals surface area contributed by atoms with Gasteiger partial charge in [-0.1, -0.05) is 18.2 Å². The Hall–Kier alpha value is -2.62. The summed E-state index contributed by atoms with van der Waals surface area (Å²) in [6, 6.07) is 13.5. The van der Waals surface area contributed by atoms with Crippen LogP contribution in [-0.4, -0.2) is 22.3 Å². The molecule has 0 atom stereocenters. The summed E-state index contributed by atoms with van der Waals surface area (Å²) in [5.74, 6) is 0.946. The second-order valence-electron chi connectivity index (χ2n) is 4.95. The number of rotatable bonds is 5. The van der Waals surface area contributed by atoms with Gasteiger partial charge < -0.3 is 9.14 Å². The van der Waals surface area contributed by atoms with E-state index in [9.17, 15) is 4.79 Å². The summed E-state index contributed by atoms with van der Waals surface area (Å²) in [5.41, 5.74) is 2.93. The van der Waals surface area contributed by atoms with Crippen LogP contribution in [-0.2, 0) is 17.6 Å². The first-order chi connectivity index (χ1) is 10.3. The van der Waals surface area contributed by atoms with Crippen LogP contribution in [0.2, 0.25) is 0 Å². The molecule has 0 aliphatic carbocycles. The number of methoxy groups -OCH3 is 1. The Bertz CT molecular complexity index is 777. The number of hydrogen-bond donors (Lipinski definition) is 0. The number of aromatic nitrogens is 2. The lowest BCUT2D eigenvalue weighted by Gasteiger charge is -2.06. The van der Waals surface area contributed by atoms with E-state index in [1.54, 1.807) is 19.6 Å². The molecular weight excluding hydrogens is 264 g/mol. The number of pyridine rings is 1.